The number of nitrogens with one attached hydrogen (secondary N) is 1. The van der Waals surface area contributed by atoms with E-state index in [0.29, 0.717) is 27.3 Å². The number of nitrogens with zero attached hydrogens (tertiary/aromatic N) is 3. The highest BCUT2D eigenvalue weighted by atomic mass is 35.5. The van der Waals surface area contributed by atoms with Crippen LogP contribution in [0.15, 0.2) is 82.9 Å². The lowest BCUT2D eigenvalue weighted by molar-refractivity contribution is -0.121. The third-order valence-corrected chi connectivity index (χ3v) is 7.66. The van der Waals surface area contributed by atoms with E-state index >= 15 is 0 Å². The number of methoxy groups -OCH3 is 1. The van der Waals surface area contributed by atoms with Crippen molar-refractivity contribution < 1.29 is 14.3 Å². The number of ether oxygens (including phenoxy) is 1. The summed E-state index contributed by atoms with van der Waals surface area (Å²) in [5, 5.41) is 10.5. The Kier molecular flexibility index (Phi) is 7.50. The molecule has 0 saturated carbocycles. The van der Waals surface area contributed by atoms with E-state index in [4.69, 9.17) is 33.0 Å². The van der Waals surface area contributed by atoms with Gasteiger partial charge < -0.3 is 10.1 Å². The van der Waals surface area contributed by atoms with Crippen LogP contribution in [0.25, 0.3) is 0 Å². The number of rotatable bonds is 6. The first-order valence-electron chi connectivity index (χ1n) is 11.5. The number of benzene rings is 3. The third-order valence-electron chi connectivity index (χ3n) is 6.01. The van der Waals surface area contributed by atoms with Crippen molar-refractivity contribution in [1.29, 1.82) is 0 Å². The summed E-state index contributed by atoms with van der Waals surface area (Å²) in [4.78, 5) is 29.7. The molecular formula is C27H22Cl2N4O3S. The Bertz CT molecular complexity index is 1380. The molecule has 188 valence electrons. The van der Waals surface area contributed by atoms with Crippen LogP contribution in [0.4, 0.5) is 5.69 Å². The van der Waals surface area contributed by atoms with Crippen LogP contribution in [-0.4, -0.2) is 40.1 Å². The molecule has 0 spiro atoms. The zero-order chi connectivity index (χ0) is 25.9. The maximum Gasteiger partial charge on any atom is 0.262 e. The smallest absolute Gasteiger partial charge is 0.262 e. The predicted octanol–water partition coefficient (Wildman–Crippen LogP) is 6.18. The van der Waals surface area contributed by atoms with Crippen molar-refractivity contribution in [3.05, 3.63) is 94.0 Å². The summed E-state index contributed by atoms with van der Waals surface area (Å²) in [5.41, 5.74) is 3.42. The van der Waals surface area contributed by atoms with Crippen LogP contribution >= 0.6 is 35.0 Å². The Morgan fingerprint density at radius 2 is 1.68 bits per heavy atom. The van der Waals surface area contributed by atoms with Gasteiger partial charge >= 0.3 is 0 Å². The standard InChI is InChI=1S/C27H22Cl2N4O3S/c1-36-21-12-4-17(5-13-21)23-14-22(16-2-6-18(28)7-3-16)32-33(23)27-31-26(35)24(37-27)15-25(34)30-20-10-8-19(29)9-11-20/h2-13,23-24H,14-15H2,1H3,(H,30,34)/t23-,24-/m1/s1. The molecule has 3 aromatic carbocycles. The van der Waals surface area contributed by atoms with E-state index in [1.54, 1.807) is 36.4 Å². The molecule has 0 saturated heterocycles. The highest BCUT2D eigenvalue weighted by Gasteiger charge is 2.39. The van der Waals surface area contributed by atoms with E-state index in [0.717, 1.165) is 22.6 Å². The minimum Gasteiger partial charge on any atom is -0.497 e. The largest absolute Gasteiger partial charge is 0.497 e. The second kappa shape index (κ2) is 11.0. The molecule has 0 aliphatic carbocycles. The summed E-state index contributed by atoms with van der Waals surface area (Å²) in [6.45, 7) is 0. The van der Waals surface area contributed by atoms with Crippen LogP contribution in [-0.2, 0) is 9.59 Å². The van der Waals surface area contributed by atoms with Crippen LogP contribution in [0.3, 0.4) is 0 Å². The van der Waals surface area contributed by atoms with E-state index in [2.05, 4.69) is 10.3 Å². The van der Waals surface area contributed by atoms with Crippen molar-refractivity contribution in [2.45, 2.75) is 24.1 Å². The maximum atomic E-state index is 12.8. The normalized spacial score (nSPS) is 19.0. The number of carbonyl (C=O) groups excluding carboxylic acids is 2. The zero-order valence-electron chi connectivity index (χ0n) is 19.7. The number of hydrogen-bond donors (Lipinski definition) is 1. The summed E-state index contributed by atoms with van der Waals surface area (Å²) in [6.07, 6.45) is 0.609. The Morgan fingerprint density at radius 1 is 1.03 bits per heavy atom. The van der Waals surface area contributed by atoms with Crippen molar-refractivity contribution in [3.8, 4) is 5.75 Å². The molecule has 0 bridgehead atoms. The molecule has 2 atom stereocenters. The molecule has 0 aromatic heterocycles. The van der Waals surface area contributed by atoms with Gasteiger partial charge in [0, 0.05) is 28.6 Å². The van der Waals surface area contributed by atoms with E-state index < -0.39 is 5.25 Å². The molecule has 3 aromatic rings. The van der Waals surface area contributed by atoms with Crippen molar-refractivity contribution >= 4 is 63.3 Å². The third kappa shape index (κ3) is 5.82. The Labute approximate surface area is 228 Å². The SMILES string of the molecule is COc1ccc([C@H]2CC(c3ccc(Cl)cc3)=NN2C2=NC(=O)[C@@H](CC(=O)Nc3ccc(Cl)cc3)S2)cc1. The van der Waals surface area contributed by atoms with Gasteiger partial charge in [0.15, 0.2) is 5.17 Å². The van der Waals surface area contributed by atoms with Gasteiger partial charge in [-0.3, -0.25) is 9.59 Å². The molecule has 2 amide bonds. The molecule has 0 unspecified atom stereocenters. The number of anilines is 1. The van der Waals surface area contributed by atoms with Gasteiger partial charge in [-0.25, -0.2) is 5.01 Å². The minimum absolute atomic E-state index is 0.00603. The topological polar surface area (TPSA) is 83.4 Å². The fourth-order valence-corrected chi connectivity index (χ4v) is 5.42. The van der Waals surface area contributed by atoms with Crippen molar-refractivity contribution in [3.63, 3.8) is 0 Å². The molecule has 5 rings (SSSR count). The number of hydrazone groups is 1. The fraction of sp³-hybridized carbons (Fsp3) is 0.185. The molecule has 0 radical (unpaired) electrons. The Balaban J connectivity index is 1.35. The summed E-state index contributed by atoms with van der Waals surface area (Å²) in [7, 11) is 1.62. The first-order valence-corrected chi connectivity index (χ1v) is 13.1. The maximum absolute atomic E-state index is 12.8. The quantitative estimate of drug-likeness (QED) is 0.394. The van der Waals surface area contributed by atoms with Crippen LogP contribution in [0.2, 0.25) is 10.0 Å². The highest BCUT2D eigenvalue weighted by molar-refractivity contribution is 8.15. The highest BCUT2D eigenvalue weighted by Crippen LogP contribution is 2.39. The molecule has 2 heterocycles. The molecule has 7 nitrogen and oxygen atoms in total. The van der Waals surface area contributed by atoms with Gasteiger partial charge in [0.25, 0.3) is 5.91 Å². The molecule has 2 aliphatic rings. The average molecular weight is 553 g/mol. The lowest BCUT2D eigenvalue weighted by Crippen LogP contribution is -2.25. The number of aliphatic imine (C=N–C) groups is 1. The van der Waals surface area contributed by atoms with Gasteiger partial charge in [0.05, 0.1) is 18.9 Å². The van der Waals surface area contributed by atoms with Gasteiger partial charge in [-0.2, -0.15) is 10.1 Å². The van der Waals surface area contributed by atoms with E-state index in [9.17, 15) is 9.59 Å². The lowest BCUT2D eigenvalue weighted by Gasteiger charge is -2.23. The number of halogens is 2. The summed E-state index contributed by atoms with van der Waals surface area (Å²) in [6, 6.07) is 21.9. The molecule has 1 N–H and O–H groups in total. The number of thioether (sulfide) groups is 1. The second-order valence-corrected chi connectivity index (χ2v) is 10.5. The van der Waals surface area contributed by atoms with Gasteiger partial charge in [0.1, 0.15) is 11.0 Å². The van der Waals surface area contributed by atoms with Crippen LogP contribution in [0.1, 0.15) is 30.0 Å². The zero-order valence-corrected chi connectivity index (χ0v) is 22.1. The van der Waals surface area contributed by atoms with Gasteiger partial charge in [-0.15, -0.1) is 0 Å². The van der Waals surface area contributed by atoms with Gasteiger partial charge in [-0.1, -0.05) is 59.2 Å². The van der Waals surface area contributed by atoms with Crippen LogP contribution in [0, 0.1) is 0 Å². The first kappa shape index (κ1) is 25.3. The number of amides is 2. The Hall–Kier alpha value is -3.33. The van der Waals surface area contributed by atoms with E-state index in [-0.39, 0.29) is 24.3 Å². The average Bonchev–Trinajstić information content (AvgIpc) is 3.50. The van der Waals surface area contributed by atoms with E-state index in [1.165, 1.54) is 11.8 Å². The minimum atomic E-state index is -0.631. The predicted molar refractivity (Wildman–Crippen MR) is 149 cm³/mol. The monoisotopic (exact) mass is 552 g/mol. The Morgan fingerprint density at radius 3 is 2.32 bits per heavy atom. The number of hydrogen-bond acceptors (Lipinski definition) is 6. The van der Waals surface area contributed by atoms with Gasteiger partial charge in [-0.05, 0) is 59.7 Å². The van der Waals surface area contributed by atoms with Crippen molar-refractivity contribution in [2.75, 3.05) is 12.4 Å². The van der Waals surface area contributed by atoms with Gasteiger partial charge in [0.2, 0.25) is 5.91 Å². The van der Waals surface area contributed by atoms with Crippen LogP contribution < -0.4 is 10.1 Å². The summed E-state index contributed by atoms with van der Waals surface area (Å²) < 4.78 is 5.30. The van der Waals surface area contributed by atoms with Crippen molar-refractivity contribution in [2.24, 2.45) is 10.1 Å². The molecule has 0 fully saturated rings. The molecular weight excluding hydrogens is 531 g/mol. The second-order valence-electron chi connectivity index (χ2n) is 8.49. The molecule has 37 heavy (non-hydrogen) atoms. The fourth-order valence-electron chi connectivity index (χ4n) is 4.11. The van der Waals surface area contributed by atoms with Crippen molar-refractivity contribution in [1.82, 2.24) is 5.01 Å². The number of carbonyl (C=O) groups is 2. The van der Waals surface area contributed by atoms with Crippen LogP contribution in [0.5, 0.6) is 5.75 Å². The molecule has 2 aliphatic heterocycles. The molecule has 10 heteroatoms. The lowest BCUT2D eigenvalue weighted by atomic mass is 9.98. The summed E-state index contributed by atoms with van der Waals surface area (Å²) >= 11 is 13.2. The number of amidine groups is 1. The summed E-state index contributed by atoms with van der Waals surface area (Å²) in [5.74, 6) is 0.125. The first-order chi connectivity index (χ1) is 17.9. The van der Waals surface area contributed by atoms with E-state index in [1.807, 2.05) is 48.5 Å².